The highest BCUT2D eigenvalue weighted by Crippen LogP contribution is 2.01. The summed E-state index contributed by atoms with van der Waals surface area (Å²) in [5.41, 5.74) is 5.39. The number of carbonyl (C=O) groups excluding carboxylic acids is 1. The number of unbranched alkanes of at least 4 members (excludes halogenated alkanes) is 1. The van der Waals surface area contributed by atoms with Crippen molar-refractivity contribution in [1.29, 1.82) is 0 Å². The molecular weight excluding hydrogens is 222 g/mol. The zero-order valence-corrected chi connectivity index (χ0v) is 10.5. The van der Waals surface area contributed by atoms with Gasteiger partial charge in [-0.25, -0.2) is 0 Å². The third kappa shape index (κ3) is 6.91. The topological polar surface area (TPSA) is 104 Å². The van der Waals surface area contributed by atoms with Gasteiger partial charge in [-0.1, -0.05) is 13.3 Å². The summed E-state index contributed by atoms with van der Waals surface area (Å²) < 4.78 is 0. The summed E-state index contributed by atoms with van der Waals surface area (Å²) in [5, 5.41) is 14.2. The zero-order chi connectivity index (χ0) is 13.3. The predicted molar refractivity (Wildman–Crippen MR) is 65.6 cm³/mol. The number of hydrogen-bond acceptors (Lipinski definition) is 4. The molecule has 0 aliphatic heterocycles. The fraction of sp³-hybridized carbons (Fsp3) is 0.818. The fourth-order valence-electron chi connectivity index (χ4n) is 1.44. The molecule has 5 N–H and O–H groups in total. The van der Waals surface area contributed by atoms with Crippen molar-refractivity contribution in [2.24, 2.45) is 5.73 Å². The third-order valence-corrected chi connectivity index (χ3v) is 2.44. The molecule has 2 atom stereocenters. The van der Waals surface area contributed by atoms with Crippen LogP contribution in [0.15, 0.2) is 0 Å². The monoisotopic (exact) mass is 245 g/mol. The number of nitrogens with one attached hydrogen (secondary N) is 2. The van der Waals surface area contributed by atoms with Gasteiger partial charge in [0.15, 0.2) is 0 Å². The number of nitrogens with two attached hydrogens (primary N) is 1. The minimum atomic E-state index is -1.03. The lowest BCUT2D eigenvalue weighted by atomic mass is 10.1. The third-order valence-electron chi connectivity index (χ3n) is 2.44. The van der Waals surface area contributed by atoms with Gasteiger partial charge in [0.05, 0.1) is 6.04 Å². The second kappa shape index (κ2) is 8.95. The highest BCUT2D eigenvalue weighted by Gasteiger charge is 2.21. The number of hydrogen-bond donors (Lipinski definition) is 4. The van der Waals surface area contributed by atoms with Crippen LogP contribution in [0, 0.1) is 0 Å². The van der Waals surface area contributed by atoms with Crippen molar-refractivity contribution >= 4 is 11.9 Å². The molecule has 0 aliphatic carbocycles. The fourth-order valence-corrected chi connectivity index (χ4v) is 1.44. The molecule has 0 aliphatic rings. The Bertz CT molecular complexity index is 246. The lowest BCUT2D eigenvalue weighted by Gasteiger charge is -2.19. The van der Waals surface area contributed by atoms with Crippen LogP contribution < -0.4 is 16.4 Å². The van der Waals surface area contributed by atoms with E-state index < -0.39 is 12.0 Å². The molecule has 0 bridgehead atoms. The molecule has 0 aromatic heterocycles. The number of likely N-dealkylation sites (N-methyl/N-ethyl adjacent to an activating group) is 1. The van der Waals surface area contributed by atoms with Gasteiger partial charge >= 0.3 is 5.97 Å². The minimum absolute atomic E-state index is 0.265. The molecule has 0 aromatic rings. The van der Waals surface area contributed by atoms with Gasteiger partial charge in [0.25, 0.3) is 0 Å². The maximum Gasteiger partial charge on any atom is 0.325 e. The van der Waals surface area contributed by atoms with Crippen LogP contribution in [0.25, 0.3) is 0 Å². The summed E-state index contributed by atoms with van der Waals surface area (Å²) in [6, 6.07) is -1.20. The van der Waals surface area contributed by atoms with E-state index in [9.17, 15) is 9.59 Å². The van der Waals surface area contributed by atoms with Gasteiger partial charge < -0.3 is 21.5 Å². The minimum Gasteiger partial charge on any atom is -0.480 e. The van der Waals surface area contributed by atoms with Crippen LogP contribution >= 0.6 is 0 Å². The van der Waals surface area contributed by atoms with E-state index in [1.165, 1.54) is 6.92 Å². The smallest absolute Gasteiger partial charge is 0.325 e. The predicted octanol–water partition coefficient (Wildman–Crippen LogP) is -0.317. The molecular formula is C11H23N3O3. The van der Waals surface area contributed by atoms with E-state index in [-0.39, 0.29) is 11.9 Å². The van der Waals surface area contributed by atoms with Crippen molar-refractivity contribution in [3.8, 4) is 0 Å². The van der Waals surface area contributed by atoms with Crippen LogP contribution in [0.5, 0.6) is 0 Å². The molecule has 0 saturated carbocycles. The van der Waals surface area contributed by atoms with E-state index in [2.05, 4.69) is 10.6 Å². The number of amides is 1. The maximum absolute atomic E-state index is 11.8. The van der Waals surface area contributed by atoms with Crippen LogP contribution in [0.1, 0.15) is 33.1 Å². The SMILES string of the molecule is CCN[C@@H](CCCCN)C(=O)N[C@H](C)C(=O)O. The van der Waals surface area contributed by atoms with Crippen LogP contribution in [0.4, 0.5) is 0 Å². The average Bonchev–Trinajstić information content (AvgIpc) is 2.27. The Balaban J connectivity index is 4.18. The van der Waals surface area contributed by atoms with Gasteiger partial charge in [-0.15, -0.1) is 0 Å². The van der Waals surface area contributed by atoms with Crippen LogP contribution in [0.2, 0.25) is 0 Å². The Kier molecular flexibility index (Phi) is 8.35. The number of aliphatic carboxylic acids is 1. The molecule has 0 fully saturated rings. The molecule has 0 rings (SSSR count). The molecule has 1 amide bonds. The first kappa shape index (κ1) is 15.9. The highest BCUT2D eigenvalue weighted by molar-refractivity contribution is 5.86. The van der Waals surface area contributed by atoms with Gasteiger partial charge in [-0.3, -0.25) is 9.59 Å². The van der Waals surface area contributed by atoms with Crippen LogP contribution in [0.3, 0.4) is 0 Å². The first-order valence-corrected chi connectivity index (χ1v) is 5.99. The number of carboxylic acids is 1. The number of rotatable bonds is 9. The number of carbonyl (C=O) groups is 2. The lowest BCUT2D eigenvalue weighted by Crippen LogP contribution is -2.49. The summed E-state index contributed by atoms with van der Waals surface area (Å²) in [6.45, 7) is 4.63. The van der Waals surface area contributed by atoms with Gasteiger partial charge in [-0.2, -0.15) is 0 Å². The molecule has 0 heterocycles. The van der Waals surface area contributed by atoms with Gasteiger partial charge in [-0.05, 0) is 32.9 Å². The summed E-state index contributed by atoms with van der Waals surface area (Å²) in [7, 11) is 0. The highest BCUT2D eigenvalue weighted by atomic mass is 16.4. The quantitative estimate of drug-likeness (QED) is 0.417. The summed E-state index contributed by atoms with van der Waals surface area (Å²) in [4.78, 5) is 22.4. The second-order valence-electron chi connectivity index (χ2n) is 3.96. The van der Waals surface area contributed by atoms with E-state index >= 15 is 0 Å². The molecule has 6 nitrogen and oxygen atoms in total. The molecule has 6 heteroatoms. The molecule has 0 spiro atoms. The maximum atomic E-state index is 11.8. The second-order valence-corrected chi connectivity index (χ2v) is 3.96. The molecule has 0 radical (unpaired) electrons. The van der Waals surface area contributed by atoms with Crippen molar-refractivity contribution in [2.45, 2.75) is 45.2 Å². The van der Waals surface area contributed by atoms with Gasteiger partial charge in [0.1, 0.15) is 6.04 Å². The Morgan fingerprint density at radius 3 is 2.47 bits per heavy atom. The van der Waals surface area contributed by atoms with Gasteiger partial charge in [0, 0.05) is 0 Å². The number of carboxylic acid groups (broad SMARTS) is 1. The van der Waals surface area contributed by atoms with E-state index in [0.717, 1.165) is 12.8 Å². The Labute approximate surface area is 102 Å². The Hall–Kier alpha value is -1.14. The molecule has 0 saturated heterocycles. The van der Waals surface area contributed by atoms with Gasteiger partial charge in [0.2, 0.25) is 5.91 Å². The van der Waals surface area contributed by atoms with Crippen LogP contribution in [-0.4, -0.2) is 42.2 Å². The standard InChI is InChI=1S/C11H23N3O3/c1-3-13-9(6-4-5-7-12)10(15)14-8(2)11(16)17/h8-9,13H,3-7,12H2,1-2H3,(H,14,15)(H,16,17)/t8-,9+/m1/s1. The normalized spacial score (nSPS) is 14.1. The van der Waals surface area contributed by atoms with Crippen molar-refractivity contribution in [1.82, 2.24) is 10.6 Å². The first-order valence-electron chi connectivity index (χ1n) is 5.99. The average molecular weight is 245 g/mol. The molecule has 0 aromatic carbocycles. The van der Waals surface area contributed by atoms with Crippen molar-refractivity contribution in [2.75, 3.05) is 13.1 Å². The summed E-state index contributed by atoms with van der Waals surface area (Å²) >= 11 is 0. The molecule has 0 unspecified atom stereocenters. The zero-order valence-electron chi connectivity index (χ0n) is 10.5. The Morgan fingerprint density at radius 1 is 1.35 bits per heavy atom. The van der Waals surface area contributed by atoms with Crippen molar-refractivity contribution < 1.29 is 14.7 Å². The molecule has 17 heavy (non-hydrogen) atoms. The largest absolute Gasteiger partial charge is 0.480 e. The van der Waals surface area contributed by atoms with Crippen molar-refractivity contribution in [3.05, 3.63) is 0 Å². The molecule has 100 valence electrons. The first-order chi connectivity index (χ1) is 8.02. The summed E-state index contributed by atoms with van der Waals surface area (Å²) in [5.74, 6) is -1.30. The Morgan fingerprint density at radius 2 is 2.00 bits per heavy atom. The van der Waals surface area contributed by atoms with E-state index in [0.29, 0.717) is 19.5 Å². The summed E-state index contributed by atoms with van der Waals surface area (Å²) in [6.07, 6.45) is 2.38. The van der Waals surface area contributed by atoms with Crippen LogP contribution in [-0.2, 0) is 9.59 Å². The van der Waals surface area contributed by atoms with E-state index in [1.54, 1.807) is 0 Å². The lowest BCUT2D eigenvalue weighted by molar-refractivity contribution is -0.141. The van der Waals surface area contributed by atoms with E-state index in [1.807, 2.05) is 6.92 Å². The van der Waals surface area contributed by atoms with E-state index in [4.69, 9.17) is 10.8 Å². The van der Waals surface area contributed by atoms with Crippen molar-refractivity contribution in [3.63, 3.8) is 0 Å².